The van der Waals surface area contributed by atoms with Crippen molar-refractivity contribution in [2.45, 2.75) is 0 Å². The molecule has 0 saturated carbocycles. The SMILES string of the molecule is CN1C(=O)/C(=C\c2ccc3c(c2)OCO3)SC1=Nc1ccc(C(=O)O)cc1. The number of fused-ring (bicyclic) bond motifs is 1. The van der Waals surface area contributed by atoms with Crippen LogP contribution in [-0.4, -0.2) is 40.9 Å². The first-order valence-electron chi connectivity index (χ1n) is 8.00. The highest BCUT2D eigenvalue weighted by molar-refractivity contribution is 8.18. The molecule has 2 aliphatic rings. The summed E-state index contributed by atoms with van der Waals surface area (Å²) >= 11 is 1.26. The molecule has 8 heteroatoms. The maximum atomic E-state index is 12.5. The molecule has 0 aliphatic carbocycles. The summed E-state index contributed by atoms with van der Waals surface area (Å²) in [6, 6.07) is 11.7. The first-order chi connectivity index (χ1) is 13.0. The lowest BCUT2D eigenvalue weighted by atomic mass is 10.2. The Morgan fingerprint density at radius 1 is 1.19 bits per heavy atom. The number of carboxylic acids is 1. The summed E-state index contributed by atoms with van der Waals surface area (Å²) in [5, 5.41) is 9.48. The molecule has 4 rings (SSSR count). The molecule has 2 aliphatic heterocycles. The molecule has 27 heavy (non-hydrogen) atoms. The van der Waals surface area contributed by atoms with Gasteiger partial charge in [0.1, 0.15) is 0 Å². The number of aromatic carboxylic acids is 1. The van der Waals surface area contributed by atoms with E-state index in [1.54, 1.807) is 25.3 Å². The summed E-state index contributed by atoms with van der Waals surface area (Å²) in [6.45, 7) is 0.198. The Morgan fingerprint density at radius 3 is 2.67 bits per heavy atom. The zero-order valence-corrected chi connectivity index (χ0v) is 15.0. The Bertz CT molecular complexity index is 998. The molecule has 2 aromatic carbocycles. The van der Waals surface area contributed by atoms with Crippen molar-refractivity contribution in [3.8, 4) is 11.5 Å². The van der Waals surface area contributed by atoms with Crippen molar-refractivity contribution in [1.82, 2.24) is 4.90 Å². The van der Waals surface area contributed by atoms with Gasteiger partial charge >= 0.3 is 5.97 Å². The first kappa shape index (κ1) is 17.2. The van der Waals surface area contributed by atoms with Crippen LogP contribution in [0.1, 0.15) is 15.9 Å². The first-order valence-corrected chi connectivity index (χ1v) is 8.82. The Balaban J connectivity index is 1.58. The molecule has 2 aromatic rings. The summed E-state index contributed by atoms with van der Waals surface area (Å²) in [4.78, 5) is 29.9. The molecule has 0 aromatic heterocycles. The minimum atomic E-state index is -0.995. The van der Waals surface area contributed by atoms with Crippen molar-refractivity contribution in [1.29, 1.82) is 0 Å². The van der Waals surface area contributed by atoms with Crippen LogP contribution in [0.3, 0.4) is 0 Å². The van der Waals surface area contributed by atoms with Gasteiger partial charge in [-0.2, -0.15) is 0 Å². The molecule has 0 unspecified atom stereocenters. The van der Waals surface area contributed by atoms with Crippen LogP contribution >= 0.6 is 11.8 Å². The summed E-state index contributed by atoms with van der Waals surface area (Å²) in [6.07, 6.45) is 1.78. The highest BCUT2D eigenvalue weighted by Crippen LogP contribution is 2.36. The second-order valence-electron chi connectivity index (χ2n) is 5.83. The molecule has 0 radical (unpaired) electrons. The second-order valence-corrected chi connectivity index (χ2v) is 6.84. The lowest BCUT2D eigenvalue weighted by Gasteiger charge is -2.07. The molecule has 0 atom stereocenters. The quantitative estimate of drug-likeness (QED) is 0.819. The van der Waals surface area contributed by atoms with Crippen LogP contribution in [0.15, 0.2) is 52.4 Å². The number of benzene rings is 2. The third-order valence-corrected chi connectivity index (χ3v) is 5.10. The van der Waals surface area contributed by atoms with Crippen molar-refractivity contribution < 1.29 is 24.2 Å². The Morgan fingerprint density at radius 2 is 1.93 bits per heavy atom. The average Bonchev–Trinajstić information content (AvgIpc) is 3.22. The number of aliphatic imine (C=N–C) groups is 1. The van der Waals surface area contributed by atoms with Gasteiger partial charge in [-0.15, -0.1) is 0 Å². The molecule has 2 heterocycles. The molecule has 0 spiro atoms. The van der Waals surface area contributed by atoms with Gasteiger partial charge in [0.25, 0.3) is 5.91 Å². The van der Waals surface area contributed by atoms with Crippen LogP contribution in [0.25, 0.3) is 6.08 Å². The number of hydrogen-bond donors (Lipinski definition) is 1. The third-order valence-electron chi connectivity index (χ3n) is 4.04. The Hall–Kier alpha value is -3.26. The zero-order valence-electron chi connectivity index (χ0n) is 14.2. The molecule has 1 amide bonds. The smallest absolute Gasteiger partial charge is 0.335 e. The maximum Gasteiger partial charge on any atom is 0.335 e. The predicted molar refractivity (Wildman–Crippen MR) is 101 cm³/mol. The van der Waals surface area contributed by atoms with E-state index in [1.807, 2.05) is 18.2 Å². The van der Waals surface area contributed by atoms with Crippen molar-refractivity contribution in [3.05, 3.63) is 58.5 Å². The minimum Gasteiger partial charge on any atom is -0.478 e. The van der Waals surface area contributed by atoms with E-state index in [4.69, 9.17) is 14.6 Å². The van der Waals surface area contributed by atoms with Crippen LogP contribution in [0.4, 0.5) is 5.69 Å². The van der Waals surface area contributed by atoms with Gasteiger partial charge in [0, 0.05) is 7.05 Å². The van der Waals surface area contributed by atoms with Gasteiger partial charge in [0.2, 0.25) is 6.79 Å². The van der Waals surface area contributed by atoms with E-state index < -0.39 is 5.97 Å². The highest BCUT2D eigenvalue weighted by atomic mass is 32.2. The normalized spacial score (nSPS) is 18.6. The summed E-state index contributed by atoms with van der Waals surface area (Å²) < 4.78 is 10.6. The van der Waals surface area contributed by atoms with Crippen LogP contribution in [0.5, 0.6) is 11.5 Å². The van der Waals surface area contributed by atoms with Crippen LogP contribution in [0, 0.1) is 0 Å². The number of amidine groups is 1. The molecular weight excluding hydrogens is 368 g/mol. The number of likely N-dealkylation sites (N-methyl/N-ethyl adjacent to an activating group) is 1. The number of hydrogen-bond acceptors (Lipinski definition) is 6. The summed E-state index contributed by atoms with van der Waals surface area (Å²) in [5.41, 5.74) is 1.59. The Kier molecular flexibility index (Phi) is 4.33. The standard InChI is InChI=1S/C19H14N2O5S/c1-21-17(22)16(9-11-2-7-14-15(8-11)26-10-25-14)27-19(21)20-13-5-3-12(4-6-13)18(23)24/h2-9H,10H2,1H3,(H,23,24)/b16-9+,20-19?. The summed E-state index contributed by atoms with van der Waals surface area (Å²) in [5.74, 6) is 0.191. The number of carbonyl (C=O) groups is 2. The van der Waals surface area contributed by atoms with E-state index in [9.17, 15) is 9.59 Å². The Labute approximate surface area is 158 Å². The van der Waals surface area contributed by atoms with Gasteiger partial charge in [0.05, 0.1) is 16.2 Å². The molecule has 1 fully saturated rings. The molecule has 1 N–H and O–H groups in total. The average molecular weight is 382 g/mol. The van der Waals surface area contributed by atoms with Crippen molar-refractivity contribution >= 4 is 40.6 Å². The van der Waals surface area contributed by atoms with Gasteiger partial charge in [0.15, 0.2) is 16.7 Å². The lowest BCUT2D eigenvalue weighted by Crippen LogP contribution is -2.23. The van der Waals surface area contributed by atoms with E-state index in [1.165, 1.54) is 28.8 Å². The molecular formula is C19H14N2O5S. The molecule has 0 bridgehead atoms. The van der Waals surface area contributed by atoms with Gasteiger partial charge < -0.3 is 14.6 Å². The molecule has 1 saturated heterocycles. The monoisotopic (exact) mass is 382 g/mol. The minimum absolute atomic E-state index is 0.154. The van der Waals surface area contributed by atoms with Gasteiger partial charge in [-0.05, 0) is 59.8 Å². The number of amides is 1. The van der Waals surface area contributed by atoms with Crippen LogP contribution in [0.2, 0.25) is 0 Å². The van der Waals surface area contributed by atoms with Crippen molar-refractivity contribution in [2.75, 3.05) is 13.8 Å². The number of carboxylic acid groups (broad SMARTS) is 1. The fourth-order valence-corrected chi connectivity index (χ4v) is 3.58. The van der Waals surface area contributed by atoms with Crippen LogP contribution in [-0.2, 0) is 4.79 Å². The second kappa shape index (κ2) is 6.81. The van der Waals surface area contributed by atoms with Gasteiger partial charge in [-0.3, -0.25) is 9.69 Å². The van der Waals surface area contributed by atoms with E-state index in [0.29, 0.717) is 27.3 Å². The number of nitrogens with zero attached hydrogens (tertiary/aromatic N) is 2. The molecule has 136 valence electrons. The third kappa shape index (κ3) is 3.39. The number of carbonyl (C=O) groups excluding carboxylic acids is 1. The number of ether oxygens (including phenoxy) is 2. The van der Waals surface area contributed by atoms with E-state index in [2.05, 4.69) is 4.99 Å². The van der Waals surface area contributed by atoms with Crippen molar-refractivity contribution in [2.24, 2.45) is 4.99 Å². The molecule has 7 nitrogen and oxygen atoms in total. The van der Waals surface area contributed by atoms with Gasteiger partial charge in [-0.25, -0.2) is 9.79 Å². The zero-order chi connectivity index (χ0) is 19.0. The van der Waals surface area contributed by atoms with Gasteiger partial charge in [-0.1, -0.05) is 6.07 Å². The van der Waals surface area contributed by atoms with Crippen molar-refractivity contribution in [3.63, 3.8) is 0 Å². The van der Waals surface area contributed by atoms with E-state index in [0.717, 1.165) is 5.56 Å². The van der Waals surface area contributed by atoms with Crippen LogP contribution < -0.4 is 9.47 Å². The topological polar surface area (TPSA) is 88.4 Å². The maximum absolute atomic E-state index is 12.5. The largest absolute Gasteiger partial charge is 0.478 e. The highest BCUT2D eigenvalue weighted by Gasteiger charge is 2.30. The fraction of sp³-hybridized carbons (Fsp3) is 0.105. The lowest BCUT2D eigenvalue weighted by molar-refractivity contribution is -0.121. The van der Waals surface area contributed by atoms with E-state index >= 15 is 0 Å². The van der Waals surface area contributed by atoms with E-state index in [-0.39, 0.29) is 18.3 Å². The predicted octanol–water partition coefficient (Wildman–Crippen LogP) is 3.35. The fourth-order valence-electron chi connectivity index (χ4n) is 2.59. The number of thioether (sulfide) groups is 1. The summed E-state index contributed by atoms with van der Waals surface area (Å²) in [7, 11) is 1.65. The number of rotatable bonds is 3.